The molecular weight excluding hydrogens is 462 g/mol. The fourth-order valence-electron chi connectivity index (χ4n) is 2.65. The monoisotopic (exact) mass is 475 g/mol. The third kappa shape index (κ3) is 4.15. The van der Waals surface area contributed by atoms with Crippen LogP contribution >= 0.6 is 15.9 Å². The van der Waals surface area contributed by atoms with Gasteiger partial charge in [-0.25, -0.2) is 9.80 Å². The van der Waals surface area contributed by atoms with Crippen LogP contribution in [0.3, 0.4) is 0 Å². The molecule has 30 heavy (non-hydrogen) atoms. The fraction of sp³-hybridized carbons (Fsp3) is 0.105. The zero-order chi connectivity index (χ0) is 22.0. The highest BCUT2D eigenvalue weighted by Gasteiger charge is 2.34. The molecule has 1 saturated heterocycles. The molecule has 0 aromatic heterocycles. The number of benzene rings is 2. The number of carbonyl (C=O) groups excluding carboxylic acids is 2. The molecular formula is C19H14BrN3O7. The van der Waals surface area contributed by atoms with Gasteiger partial charge in [0.1, 0.15) is 5.57 Å². The lowest BCUT2D eigenvalue weighted by Crippen LogP contribution is -2.35. The number of aliphatic carboxylic acids is 1. The Hall–Kier alpha value is -3.73. The summed E-state index contributed by atoms with van der Waals surface area (Å²) < 4.78 is 5.28. The Kier molecular flexibility index (Phi) is 5.83. The molecule has 2 N–H and O–H groups in total. The average Bonchev–Trinajstić information content (AvgIpc) is 2.98. The summed E-state index contributed by atoms with van der Waals surface area (Å²) in [5.41, 5.74) is 2.33. The molecule has 1 fully saturated rings. The van der Waals surface area contributed by atoms with Crippen LogP contribution in [0.5, 0.6) is 5.75 Å². The van der Waals surface area contributed by atoms with Crippen molar-refractivity contribution in [2.45, 2.75) is 13.0 Å². The van der Waals surface area contributed by atoms with Gasteiger partial charge in [0.2, 0.25) is 5.75 Å². The van der Waals surface area contributed by atoms with Crippen LogP contribution in [0.2, 0.25) is 0 Å². The number of carboxylic acids is 1. The molecule has 0 bridgehead atoms. The van der Waals surface area contributed by atoms with Crippen LogP contribution < -0.4 is 15.2 Å². The molecule has 1 aliphatic heterocycles. The Morgan fingerprint density at radius 2 is 1.97 bits per heavy atom. The predicted octanol–water partition coefficient (Wildman–Crippen LogP) is 2.67. The van der Waals surface area contributed by atoms with E-state index in [2.05, 4.69) is 21.4 Å². The Morgan fingerprint density at radius 3 is 2.57 bits per heavy atom. The van der Waals surface area contributed by atoms with Gasteiger partial charge in [-0.2, -0.15) is 0 Å². The first-order valence-electron chi connectivity index (χ1n) is 8.48. The molecule has 1 atom stereocenters. The molecule has 2 amide bonds. The number of carboxylic acid groups (broad SMARTS) is 1. The Morgan fingerprint density at radius 1 is 1.30 bits per heavy atom. The largest absolute Gasteiger partial charge is 0.479 e. The highest BCUT2D eigenvalue weighted by Crippen LogP contribution is 2.38. The highest BCUT2D eigenvalue weighted by molar-refractivity contribution is 9.10. The summed E-state index contributed by atoms with van der Waals surface area (Å²) in [5, 5.41) is 21.5. The molecule has 0 unspecified atom stereocenters. The average molecular weight is 476 g/mol. The number of carbonyl (C=O) groups is 3. The van der Waals surface area contributed by atoms with Crippen molar-refractivity contribution in [3.8, 4) is 5.75 Å². The summed E-state index contributed by atoms with van der Waals surface area (Å²) in [5.74, 6) is -2.85. The zero-order valence-corrected chi connectivity index (χ0v) is 17.0. The van der Waals surface area contributed by atoms with Gasteiger partial charge in [0.15, 0.2) is 6.10 Å². The van der Waals surface area contributed by atoms with Crippen molar-refractivity contribution in [2.75, 3.05) is 5.01 Å². The van der Waals surface area contributed by atoms with Gasteiger partial charge < -0.3 is 9.84 Å². The highest BCUT2D eigenvalue weighted by atomic mass is 79.9. The number of nitrogens with zero attached hydrogens (tertiary/aromatic N) is 2. The smallest absolute Gasteiger partial charge is 0.344 e. The summed E-state index contributed by atoms with van der Waals surface area (Å²) in [6, 6.07) is 10.9. The van der Waals surface area contributed by atoms with E-state index in [9.17, 15) is 24.5 Å². The number of anilines is 1. The van der Waals surface area contributed by atoms with Crippen LogP contribution in [0.15, 0.2) is 52.5 Å². The molecule has 11 heteroatoms. The molecule has 3 rings (SSSR count). The van der Waals surface area contributed by atoms with Crippen LogP contribution in [0.4, 0.5) is 11.4 Å². The van der Waals surface area contributed by atoms with Gasteiger partial charge in [-0.05, 0) is 52.7 Å². The number of nitro groups is 1. The molecule has 1 heterocycles. The summed E-state index contributed by atoms with van der Waals surface area (Å²) >= 11 is 3.12. The lowest BCUT2D eigenvalue weighted by molar-refractivity contribution is -0.386. The first-order chi connectivity index (χ1) is 14.2. The zero-order valence-electron chi connectivity index (χ0n) is 15.4. The van der Waals surface area contributed by atoms with E-state index in [1.54, 1.807) is 30.3 Å². The SMILES string of the molecule is C[C@@H](Oc1c(Br)cc(/C=C2/C(=O)NN(c3ccccc3)C2=O)cc1[N+](=O)[O-])C(=O)O. The van der Waals surface area contributed by atoms with Crippen molar-refractivity contribution in [3.63, 3.8) is 0 Å². The minimum absolute atomic E-state index is 0.0995. The Balaban J connectivity index is 1.99. The normalized spacial score (nSPS) is 15.8. The molecule has 2 aromatic carbocycles. The number of halogens is 1. The van der Waals surface area contributed by atoms with Crippen LogP contribution in [0.25, 0.3) is 6.08 Å². The third-order valence-corrected chi connectivity index (χ3v) is 4.69. The van der Waals surface area contributed by atoms with Crippen LogP contribution in [-0.2, 0) is 14.4 Å². The third-order valence-electron chi connectivity index (χ3n) is 4.10. The first-order valence-corrected chi connectivity index (χ1v) is 9.28. The van der Waals surface area contributed by atoms with E-state index in [4.69, 9.17) is 9.84 Å². The van der Waals surface area contributed by atoms with E-state index < -0.39 is 34.5 Å². The standard InChI is InChI=1S/C19H14BrN3O7/c1-10(19(26)27)30-16-14(20)8-11(9-15(16)23(28)29)7-13-17(24)21-22(18(13)25)12-5-3-2-4-6-12/h2-10H,1H3,(H,21,24)(H,26,27)/b13-7-/t10-/m1/s1. The number of nitro benzene ring substituents is 1. The van der Waals surface area contributed by atoms with E-state index in [1.807, 2.05) is 0 Å². The summed E-state index contributed by atoms with van der Waals surface area (Å²) in [6.07, 6.45) is -0.117. The van der Waals surface area contributed by atoms with Gasteiger partial charge in [0.25, 0.3) is 11.8 Å². The second kappa shape index (κ2) is 8.33. The van der Waals surface area contributed by atoms with Crippen LogP contribution in [0.1, 0.15) is 12.5 Å². The number of hydrogen-bond acceptors (Lipinski definition) is 6. The van der Waals surface area contributed by atoms with Gasteiger partial charge in [0, 0.05) is 6.07 Å². The summed E-state index contributed by atoms with van der Waals surface area (Å²) in [6.45, 7) is 1.23. The van der Waals surface area contributed by atoms with Gasteiger partial charge >= 0.3 is 11.7 Å². The number of ether oxygens (including phenoxy) is 1. The first kappa shape index (κ1) is 21.0. The number of rotatable bonds is 6. The van der Waals surface area contributed by atoms with Gasteiger partial charge in [-0.1, -0.05) is 18.2 Å². The van der Waals surface area contributed by atoms with E-state index in [1.165, 1.54) is 19.1 Å². The predicted molar refractivity (Wildman–Crippen MR) is 109 cm³/mol. The van der Waals surface area contributed by atoms with Gasteiger partial charge in [-0.15, -0.1) is 0 Å². The van der Waals surface area contributed by atoms with Crippen molar-refractivity contribution < 1.29 is 29.2 Å². The van der Waals surface area contributed by atoms with Crippen molar-refractivity contribution >= 4 is 51.2 Å². The van der Waals surface area contributed by atoms with Crippen molar-refractivity contribution in [1.82, 2.24) is 5.43 Å². The number of para-hydroxylation sites is 1. The maximum Gasteiger partial charge on any atom is 0.344 e. The molecule has 1 aliphatic rings. The summed E-state index contributed by atoms with van der Waals surface area (Å²) in [7, 11) is 0. The maximum absolute atomic E-state index is 12.7. The molecule has 0 aliphatic carbocycles. The second-order valence-electron chi connectivity index (χ2n) is 6.18. The van der Waals surface area contributed by atoms with Gasteiger partial charge in [-0.3, -0.25) is 25.1 Å². The Bertz CT molecular complexity index is 1090. The number of amides is 2. The minimum Gasteiger partial charge on any atom is -0.479 e. The van der Waals surface area contributed by atoms with Gasteiger partial charge in [0.05, 0.1) is 15.1 Å². The van der Waals surface area contributed by atoms with Crippen molar-refractivity contribution in [1.29, 1.82) is 0 Å². The van der Waals surface area contributed by atoms with E-state index in [0.717, 1.165) is 11.1 Å². The topological polar surface area (TPSA) is 139 Å². The second-order valence-corrected chi connectivity index (χ2v) is 7.04. The van der Waals surface area contributed by atoms with Crippen molar-refractivity contribution in [3.05, 3.63) is 68.2 Å². The summed E-state index contributed by atoms with van der Waals surface area (Å²) in [4.78, 5) is 46.7. The van der Waals surface area contributed by atoms with Crippen molar-refractivity contribution in [2.24, 2.45) is 0 Å². The number of hydrazine groups is 1. The Labute approximate surface area is 178 Å². The number of hydrogen-bond donors (Lipinski definition) is 2. The molecule has 0 spiro atoms. The van der Waals surface area contributed by atoms with E-state index >= 15 is 0 Å². The van der Waals surface area contributed by atoms with Crippen LogP contribution in [-0.4, -0.2) is 33.9 Å². The lowest BCUT2D eigenvalue weighted by atomic mass is 10.1. The fourth-order valence-corrected chi connectivity index (χ4v) is 3.21. The number of nitrogens with one attached hydrogen (secondary N) is 1. The van der Waals surface area contributed by atoms with E-state index in [0.29, 0.717) is 5.69 Å². The maximum atomic E-state index is 12.7. The minimum atomic E-state index is -1.33. The molecule has 154 valence electrons. The van der Waals surface area contributed by atoms with E-state index in [-0.39, 0.29) is 21.4 Å². The molecule has 0 saturated carbocycles. The van der Waals surface area contributed by atoms with Crippen LogP contribution in [0, 0.1) is 10.1 Å². The lowest BCUT2D eigenvalue weighted by Gasteiger charge is -2.14. The molecule has 2 aromatic rings. The quantitative estimate of drug-likeness (QED) is 0.283. The molecule has 10 nitrogen and oxygen atoms in total. The molecule has 0 radical (unpaired) electrons.